The molecule has 0 aliphatic heterocycles. The summed E-state index contributed by atoms with van der Waals surface area (Å²) < 4.78 is 0. The van der Waals surface area contributed by atoms with Gasteiger partial charge in [0.2, 0.25) is 0 Å². The standard InChI is InChI=1S/C46H69N3.2ClH.Co/c1-10-16-22-37-30-39(24-18-12-3)45(40(31-37)25-19-13-4)47-35(8)43-28-34(7)29-44(49-43)36(9)48-46-41(26-20-14-5)32-38(23-17-11-2)33-42(46)27-21-15-6;;;/h28-33H,10-27H2,1-9H3;2*1H;/q;;;+2/p-2. The van der Waals surface area contributed by atoms with Gasteiger partial charge in [0.05, 0.1) is 34.2 Å². The van der Waals surface area contributed by atoms with Gasteiger partial charge in [0.1, 0.15) is 0 Å². The van der Waals surface area contributed by atoms with Crippen molar-refractivity contribution < 1.29 is 41.6 Å². The first-order valence-electron chi connectivity index (χ1n) is 20.2. The zero-order valence-electron chi connectivity index (χ0n) is 34.1. The van der Waals surface area contributed by atoms with Crippen molar-refractivity contribution in [3.8, 4) is 0 Å². The molecule has 3 aromatic rings. The Morgan fingerprint density at radius 3 is 1.00 bits per heavy atom. The summed E-state index contributed by atoms with van der Waals surface area (Å²) in [5, 5.41) is 0. The summed E-state index contributed by atoms with van der Waals surface area (Å²) in [5.74, 6) is 0. The largest absolute Gasteiger partial charge is 2.00 e. The molecule has 0 spiro atoms. The predicted molar refractivity (Wildman–Crippen MR) is 217 cm³/mol. The average Bonchev–Trinajstić information content (AvgIpc) is 3.10. The number of halogens is 2. The van der Waals surface area contributed by atoms with Gasteiger partial charge >= 0.3 is 16.8 Å². The van der Waals surface area contributed by atoms with E-state index in [1.54, 1.807) is 0 Å². The Balaban J connectivity index is 0.00000867. The van der Waals surface area contributed by atoms with Gasteiger partial charge in [-0.3, -0.25) is 9.98 Å². The summed E-state index contributed by atoms with van der Waals surface area (Å²) in [4.78, 5) is 16.1. The maximum Gasteiger partial charge on any atom is 2.00 e. The molecule has 1 heterocycles. The first-order valence-corrected chi connectivity index (χ1v) is 20.2. The van der Waals surface area contributed by atoms with Crippen molar-refractivity contribution in [3.05, 3.63) is 86.7 Å². The van der Waals surface area contributed by atoms with Gasteiger partial charge in [-0.25, -0.2) is 4.98 Å². The van der Waals surface area contributed by atoms with Gasteiger partial charge in [0.25, 0.3) is 0 Å². The van der Waals surface area contributed by atoms with E-state index >= 15 is 0 Å². The third kappa shape index (κ3) is 15.8. The molecule has 0 bridgehead atoms. The molecule has 0 aliphatic rings. The summed E-state index contributed by atoms with van der Waals surface area (Å²) >= 11 is 0. The summed E-state index contributed by atoms with van der Waals surface area (Å²) in [7, 11) is 0. The van der Waals surface area contributed by atoms with Crippen molar-refractivity contribution in [1.29, 1.82) is 0 Å². The Kier molecular flexibility index (Phi) is 26.5. The third-order valence-corrected chi connectivity index (χ3v) is 9.76. The number of nitrogens with zero attached hydrogens (tertiary/aromatic N) is 3. The molecule has 0 saturated heterocycles. The summed E-state index contributed by atoms with van der Waals surface area (Å²) in [6.45, 7) is 20.2. The van der Waals surface area contributed by atoms with Gasteiger partial charge < -0.3 is 24.8 Å². The molecule has 0 amide bonds. The van der Waals surface area contributed by atoms with E-state index in [0.29, 0.717) is 0 Å². The molecule has 1 aromatic heterocycles. The number of unbranched alkanes of at least 4 members (excludes halogenated alkanes) is 6. The second-order valence-corrected chi connectivity index (χ2v) is 14.5. The van der Waals surface area contributed by atoms with Crippen LogP contribution in [0.2, 0.25) is 0 Å². The Morgan fingerprint density at radius 2 is 0.731 bits per heavy atom. The van der Waals surface area contributed by atoms with Crippen molar-refractivity contribution >= 4 is 22.8 Å². The first-order chi connectivity index (χ1) is 23.8. The van der Waals surface area contributed by atoms with Crippen LogP contribution in [-0.2, 0) is 55.3 Å². The number of hydrogen-bond acceptors (Lipinski definition) is 3. The van der Waals surface area contributed by atoms with E-state index in [4.69, 9.17) is 15.0 Å². The molecule has 0 aliphatic carbocycles. The molecular weight excluding hydrogens is 724 g/mol. The average molecular weight is 794 g/mol. The fourth-order valence-electron chi connectivity index (χ4n) is 6.72. The van der Waals surface area contributed by atoms with Crippen LogP contribution in [0, 0.1) is 6.92 Å². The number of aryl methyl sites for hydroxylation is 7. The van der Waals surface area contributed by atoms with Crippen molar-refractivity contribution in [2.75, 3.05) is 0 Å². The van der Waals surface area contributed by atoms with E-state index in [1.165, 1.54) is 127 Å². The third-order valence-electron chi connectivity index (χ3n) is 9.76. The van der Waals surface area contributed by atoms with Crippen LogP contribution in [0.25, 0.3) is 0 Å². The maximum atomic E-state index is 5.43. The fourth-order valence-corrected chi connectivity index (χ4v) is 6.72. The summed E-state index contributed by atoms with van der Waals surface area (Å²) in [6.07, 6.45) is 21.1. The minimum atomic E-state index is 0. The van der Waals surface area contributed by atoms with Crippen LogP contribution >= 0.6 is 0 Å². The molecule has 0 unspecified atom stereocenters. The first kappa shape index (κ1) is 50.0. The van der Waals surface area contributed by atoms with Gasteiger partial charge in [-0.2, -0.15) is 0 Å². The fraction of sp³-hybridized carbons (Fsp3) is 0.587. The van der Waals surface area contributed by atoms with Gasteiger partial charge in [0.15, 0.2) is 0 Å². The van der Waals surface area contributed by atoms with E-state index < -0.39 is 0 Å². The van der Waals surface area contributed by atoms with Crippen molar-refractivity contribution in [2.45, 2.75) is 178 Å². The zero-order chi connectivity index (χ0) is 35.6. The number of aromatic nitrogens is 1. The van der Waals surface area contributed by atoms with Crippen molar-refractivity contribution in [3.63, 3.8) is 0 Å². The minimum absolute atomic E-state index is 0. The number of pyridine rings is 1. The van der Waals surface area contributed by atoms with Crippen LogP contribution in [-0.4, -0.2) is 16.4 Å². The second kappa shape index (κ2) is 27.6. The molecule has 6 heteroatoms. The molecule has 0 N–H and O–H groups in total. The predicted octanol–water partition coefficient (Wildman–Crippen LogP) is 7.73. The molecule has 0 saturated carbocycles. The number of hydrogen-bond donors (Lipinski definition) is 0. The Bertz CT molecular complexity index is 1360. The van der Waals surface area contributed by atoms with E-state index in [2.05, 4.69) is 98.7 Å². The minimum Gasteiger partial charge on any atom is -1.00 e. The molecule has 52 heavy (non-hydrogen) atoms. The van der Waals surface area contributed by atoms with Gasteiger partial charge in [-0.05, 0) is 149 Å². The molecule has 291 valence electrons. The SMILES string of the molecule is CCCCc1cc(CCCC)c(N=C(C)c2cc(C)cc(C(C)=Nc3c(CCCC)cc(CCCC)cc3CCCC)n2)c(CCCC)c1.[Cl-].[Cl-].[Co+2]. The topological polar surface area (TPSA) is 37.6 Å². The molecular formula is C46H69Cl2CoN3. The van der Waals surface area contributed by atoms with Crippen LogP contribution in [0.3, 0.4) is 0 Å². The van der Waals surface area contributed by atoms with Gasteiger partial charge in [-0.15, -0.1) is 0 Å². The van der Waals surface area contributed by atoms with Crippen LogP contribution in [0.15, 0.2) is 46.4 Å². The quantitative estimate of drug-likeness (QED) is 0.0961. The molecule has 2 aromatic carbocycles. The maximum absolute atomic E-state index is 5.43. The van der Waals surface area contributed by atoms with Crippen LogP contribution in [0.5, 0.6) is 0 Å². The Labute approximate surface area is 342 Å². The molecule has 1 radical (unpaired) electrons. The number of rotatable bonds is 22. The van der Waals surface area contributed by atoms with E-state index in [0.717, 1.165) is 61.3 Å². The van der Waals surface area contributed by atoms with Gasteiger partial charge in [-0.1, -0.05) is 104 Å². The van der Waals surface area contributed by atoms with Crippen LogP contribution in [0.4, 0.5) is 11.4 Å². The van der Waals surface area contributed by atoms with E-state index in [9.17, 15) is 0 Å². The molecule has 0 atom stereocenters. The molecule has 3 rings (SSSR count). The second-order valence-electron chi connectivity index (χ2n) is 14.5. The van der Waals surface area contributed by atoms with Gasteiger partial charge in [0, 0.05) is 0 Å². The van der Waals surface area contributed by atoms with Crippen molar-refractivity contribution in [2.24, 2.45) is 9.98 Å². The Hall–Kier alpha value is -1.98. The van der Waals surface area contributed by atoms with E-state index in [-0.39, 0.29) is 41.6 Å². The normalized spacial score (nSPS) is 11.6. The van der Waals surface area contributed by atoms with E-state index in [1.807, 2.05) is 0 Å². The Morgan fingerprint density at radius 1 is 0.462 bits per heavy atom. The smallest absolute Gasteiger partial charge is 1.00 e. The number of aliphatic imine (C=N–C) groups is 2. The summed E-state index contributed by atoms with van der Waals surface area (Å²) in [5.41, 5.74) is 16.1. The van der Waals surface area contributed by atoms with Crippen LogP contribution < -0.4 is 24.8 Å². The monoisotopic (exact) mass is 792 g/mol. The van der Waals surface area contributed by atoms with Crippen molar-refractivity contribution in [1.82, 2.24) is 4.98 Å². The number of benzene rings is 2. The molecule has 3 nitrogen and oxygen atoms in total. The molecule has 0 fully saturated rings. The zero-order valence-corrected chi connectivity index (χ0v) is 36.7. The summed E-state index contributed by atoms with van der Waals surface area (Å²) in [6, 6.07) is 14.2. The van der Waals surface area contributed by atoms with Crippen LogP contribution in [0.1, 0.15) is 183 Å².